The molecule has 0 amide bonds. The number of sulfonamides is 1. The van der Waals surface area contributed by atoms with Gasteiger partial charge >= 0.3 is 0 Å². The van der Waals surface area contributed by atoms with Gasteiger partial charge in [0.05, 0.1) is 25.1 Å². The number of piperidine rings is 1. The number of hydrogen-bond acceptors (Lipinski definition) is 5. The molecule has 3 rings (SSSR count). The molecule has 2 saturated heterocycles. The molecule has 1 spiro atoms. The third kappa shape index (κ3) is 4.12. The molecule has 1 N–H and O–H groups in total. The molecule has 7 nitrogen and oxygen atoms in total. The number of rotatable bonds is 4. The fraction of sp³-hybridized carbons (Fsp3) is 0.800. The predicted octanol–water partition coefficient (Wildman–Crippen LogP) is 0.340. The Morgan fingerprint density at radius 2 is 2.13 bits per heavy atom. The van der Waals surface area contributed by atoms with Gasteiger partial charge in [0.1, 0.15) is 0 Å². The molecule has 130 valence electrons. The molecule has 0 radical (unpaired) electrons. The van der Waals surface area contributed by atoms with Gasteiger partial charge in [-0.1, -0.05) is 0 Å². The number of aromatic nitrogens is 2. The molecule has 3 heterocycles. The zero-order valence-electron chi connectivity index (χ0n) is 13.9. The highest BCUT2D eigenvalue weighted by Crippen LogP contribution is 2.41. The second-order valence-electron chi connectivity index (χ2n) is 6.93. The maximum Gasteiger partial charge on any atom is 0.209 e. The van der Waals surface area contributed by atoms with E-state index < -0.39 is 10.0 Å². The van der Waals surface area contributed by atoms with Crippen molar-refractivity contribution in [1.82, 2.24) is 19.4 Å². The van der Waals surface area contributed by atoms with Crippen molar-refractivity contribution >= 4 is 10.0 Å². The minimum Gasteiger partial charge on any atom is -0.380 e. The van der Waals surface area contributed by atoms with Crippen molar-refractivity contribution in [2.24, 2.45) is 12.5 Å². The molecule has 1 aromatic heterocycles. The van der Waals surface area contributed by atoms with Crippen molar-refractivity contribution < 1.29 is 13.2 Å². The number of nitrogens with zero attached hydrogens (tertiary/aromatic N) is 3. The summed E-state index contributed by atoms with van der Waals surface area (Å²) in [5, 5.41) is 4.21. The summed E-state index contributed by atoms with van der Waals surface area (Å²) < 4.78 is 33.4. The SMILES string of the molecule is Cn1cc(CN2CCC3(CCOC[C@@H]3NS(C)(=O)=O)CC2)cn1. The molecule has 23 heavy (non-hydrogen) atoms. The van der Waals surface area contributed by atoms with E-state index in [4.69, 9.17) is 4.74 Å². The third-order valence-electron chi connectivity index (χ3n) is 5.14. The number of likely N-dealkylation sites (tertiary alicyclic amines) is 1. The summed E-state index contributed by atoms with van der Waals surface area (Å²) >= 11 is 0. The number of aryl methyl sites for hydroxylation is 1. The van der Waals surface area contributed by atoms with E-state index in [0.29, 0.717) is 6.61 Å². The van der Waals surface area contributed by atoms with Crippen LogP contribution in [-0.4, -0.2) is 61.7 Å². The van der Waals surface area contributed by atoms with Crippen molar-refractivity contribution in [3.8, 4) is 0 Å². The zero-order chi connectivity index (χ0) is 16.5. The van der Waals surface area contributed by atoms with Gasteiger partial charge in [0.25, 0.3) is 0 Å². The third-order valence-corrected chi connectivity index (χ3v) is 5.85. The molecule has 2 fully saturated rings. The van der Waals surface area contributed by atoms with Gasteiger partial charge in [-0.2, -0.15) is 5.10 Å². The average molecular weight is 342 g/mol. The highest BCUT2D eigenvalue weighted by Gasteiger charge is 2.44. The molecule has 0 bridgehead atoms. The van der Waals surface area contributed by atoms with E-state index in [9.17, 15) is 8.42 Å². The van der Waals surface area contributed by atoms with Crippen molar-refractivity contribution in [2.75, 3.05) is 32.6 Å². The molecule has 0 aliphatic carbocycles. The lowest BCUT2D eigenvalue weighted by Gasteiger charge is -2.48. The summed E-state index contributed by atoms with van der Waals surface area (Å²) in [6.07, 6.45) is 8.13. The summed E-state index contributed by atoms with van der Waals surface area (Å²) in [4.78, 5) is 2.43. The van der Waals surface area contributed by atoms with Gasteiger partial charge in [-0.15, -0.1) is 0 Å². The summed E-state index contributed by atoms with van der Waals surface area (Å²) in [6, 6.07) is -0.105. The number of ether oxygens (including phenoxy) is 1. The van der Waals surface area contributed by atoms with Crippen LogP contribution in [0.2, 0.25) is 0 Å². The Morgan fingerprint density at radius 3 is 2.74 bits per heavy atom. The lowest BCUT2D eigenvalue weighted by molar-refractivity contribution is -0.0445. The molecule has 0 saturated carbocycles. The van der Waals surface area contributed by atoms with Gasteiger partial charge in [0.15, 0.2) is 0 Å². The van der Waals surface area contributed by atoms with Crippen LogP contribution < -0.4 is 4.72 Å². The van der Waals surface area contributed by atoms with Crippen LogP contribution in [-0.2, 0) is 28.4 Å². The Balaban J connectivity index is 1.63. The number of hydrogen-bond donors (Lipinski definition) is 1. The second kappa shape index (κ2) is 6.51. The average Bonchev–Trinajstić information content (AvgIpc) is 2.88. The van der Waals surface area contributed by atoms with Crippen molar-refractivity contribution in [2.45, 2.75) is 31.8 Å². The van der Waals surface area contributed by atoms with Gasteiger partial charge in [0, 0.05) is 32.0 Å². The minimum atomic E-state index is -3.21. The Labute approximate surface area is 138 Å². The topological polar surface area (TPSA) is 76.5 Å². The summed E-state index contributed by atoms with van der Waals surface area (Å²) in [7, 11) is -1.28. The molecule has 0 unspecified atom stereocenters. The molecule has 1 atom stereocenters. The first-order valence-corrected chi connectivity index (χ1v) is 10.0. The molecule has 0 aromatic carbocycles. The Kier molecular flexibility index (Phi) is 4.78. The van der Waals surface area contributed by atoms with Gasteiger partial charge in [-0.05, 0) is 37.8 Å². The first-order valence-electron chi connectivity index (χ1n) is 8.11. The molecule has 1 aromatic rings. The van der Waals surface area contributed by atoms with Crippen LogP contribution in [0.25, 0.3) is 0 Å². The quantitative estimate of drug-likeness (QED) is 0.854. The van der Waals surface area contributed by atoms with Crippen molar-refractivity contribution in [3.63, 3.8) is 0 Å². The van der Waals surface area contributed by atoms with Crippen molar-refractivity contribution in [3.05, 3.63) is 18.0 Å². The first-order chi connectivity index (χ1) is 10.9. The zero-order valence-corrected chi connectivity index (χ0v) is 14.7. The highest BCUT2D eigenvalue weighted by atomic mass is 32.2. The van der Waals surface area contributed by atoms with Crippen molar-refractivity contribution in [1.29, 1.82) is 0 Å². The number of nitrogens with one attached hydrogen (secondary N) is 1. The van der Waals surface area contributed by atoms with Gasteiger partial charge in [-0.3, -0.25) is 9.58 Å². The van der Waals surface area contributed by atoms with E-state index in [0.717, 1.165) is 45.5 Å². The van der Waals surface area contributed by atoms with Crippen LogP contribution in [0.1, 0.15) is 24.8 Å². The fourth-order valence-electron chi connectivity index (χ4n) is 3.81. The summed E-state index contributed by atoms with van der Waals surface area (Å²) in [6.45, 7) is 4.08. The van der Waals surface area contributed by atoms with Gasteiger partial charge in [-0.25, -0.2) is 13.1 Å². The largest absolute Gasteiger partial charge is 0.380 e. The smallest absolute Gasteiger partial charge is 0.209 e. The Hall–Kier alpha value is -0.960. The first kappa shape index (κ1) is 16.9. The standard InChI is InChI=1S/C15H26N4O3S/c1-18-10-13(9-16-18)11-19-6-3-15(4-7-19)5-8-22-12-14(15)17-23(2,20)21/h9-10,14,17H,3-8,11-12H2,1-2H3/t14-/m0/s1. The highest BCUT2D eigenvalue weighted by molar-refractivity contribution is 7.88. The minimum absolute atomic E-state index is 0.0345. The Morgan fingerprint density at radius 1 is 1.39 bits per heavy atom. The summed E-state index contributed by atoms with van der Waals surface area (Å²) in [5.74, 6) is 0. The second-order valence-corrected chi connectivity index (χ2v) is 8.71. The van der Waals surface area contributed by atoms with Crippen LogP contribution in [0, 0.1) is 5.41 Å². The van der Waals surface area contributed by atoms with Gasteiger partial charge in [0.2, 0.25) is 10.0 Å². The Bertz CT molecular complexity index is 635. The molecular weight excluding hydrogens is 316 g/mol. The van der Waals surface area contributed by atoms with Crippen LogP contribution in [0.15, 0.2) is 12.4 Å². The normalized spacial score (nSPS) is 25.7. The van der Waals surface area contributed by atoms with Crippen LogP contribution in [0.4, 0.5) is 0 Å². The van der Waals surface area contributed by atoms with E-state index in [1.165, 1.54) is 11.8 Å². The lowest BCUT2D eigenvalue weighted by atomic mass is 9.69. The van der Waals surface area contributed by atoms with Crippen LogP contribution in [0.5, 0.6) is 0 Å². The van der Waals surface area contributed by atoms with E-state index in [1.54, 1.807) is 0 Å². The van der Waals surface area contributed by atoms with E-state index in [-0.39, 0.29) is 11.5 Å². The van der Waals surface area contributed by atoms with E-state index in [2.05, 4.69) is 14.7 Å². The van der Waals surface area contributed by atoms with E-state index in [1.807, 2.05) is 24.1 Å². The molecule has 2 aliphatic rings. The van der Waals surface area contributed by atoms with Gasteiger partial charge < -0.3 is 4.74 Å². The molecule has 2 aliphatic heterocycles. The lowest BCUT2D eigenvalue weighted by Crippen LogP contribution is -2.57. The maximum atomic E-state index is 11.6. The predicted molar refractivity (Wildman–Crippen MR) is 87.4 cm³/mol. The van der Waals surface area contributed by atoms with Crippen LogP contribution in [0.3, 0.4) is 0 Å². The maximum absolute atomic E-state index is 11.6. The monoisotopic (exact) mass is 342 g/mol. The summed E-state index contributed by atoms with van der Waals surface area (Å²) in [5.41, 5.74) is 1.26. The van der Waals surface area contributed by atoms with Crippen LogP contribution >= 0.6 is 0 Å². The molecular formula is C15H26N4O3S. The van der Waals surface area contributed by atoms with E-state index >= 15 is 0 Å². The molecule has 8 heteroatoms. The fourth-order valence-corrected chi connectivity index (χ4v) is 4.65.